The largest absolute Gasteiger partial charge is 0.493 e. The molecule has 0 unspecified atom stereocenters. The lowest BCUT2D eigenvalue weighted by molar-refractivity contribution is -0.119. The number of hydrogen-bond donors (Lipinski definition) is 2. The van der Waals surface area contributed by atoms with Gasteiger partial charge in [0.25, 0.3) is 5.56 Å². The second-order valence-corrected chi connectivity index (χ2v) is 7.44. The molecule has 30 heavy (non-hydrogen) atoms. The third-order valence-electron chi connectivity index (χ3n) is 5.67. The Labute approximate surface area is 171 Å². The number of fused-ring (bicyclic) bond motifs is 2. The number of piperidine rings is 1. The Morgan fingerprint density at radius 2 is 2.10 bits per heavy atom. The maximum Gasteiger partial charge on any atom is 0.274 e. The molecule has 0 aliphatic carbocycles. The molecule has 2 aliphatic heterocycles. The summed E-state index contributed by atoms with van der Waals surface area (Å²) in [5.74, 6) is 0.765. The first-order valence-electron chi connectivity index (χ1n) is 9.97. The average molecular weight is 409 g/mol. The van der Waals surface area contributed by atoms with Gasteiger partial charge in [-0.05, 0) is 25.0 Å². The van der Waals surface area contributed by atoms with Crippen LogP contribution in [-0.2, 0) is 17.8 Å². The van der Waals surface area contributed by atoms with E-state index in [2.05, 4.69) is 20.5 Å². The van der Waals surface area contributed by atoms with Crippen LogP contribution >= 0.6 is 0 Å². The van der Waals surface area contributed by atoms with Gasteiger partial charge >= 0.3 is 0 Å². The molecular formula is C21H20FN5O3. The Balaban J connectivity index is 1.53. The van der Waals surface area contributed by atoms with Crippen molar-refractivity contribution < 1.29 is 13.9 Å². The van der Waals surface area contributed by atoms with Gasteiger partial charge in [0, 0.05) is 37.1 Å². The Bertz CT molecular complexity index is 1210. The molecule has 0 atom stereocenters. The van der Waals surface area contributed by atoms with E-state index in [4.69, 9.17) is 4.74 Å². The van der Waals surface area contributed by atoms with Crippen molar-refractivity contribution in [2.75, 3.05) is 23.4 Å². The lowest BCUT2D eigenvalue weighted by Crippen LogP contribution is -2.36. The molecule has 2 N–H and O–H groups in total. The van der Waals surface area contributed by atoms with Crippen molar-refractivity contribution in [2.45, 2.75) is 32.2 Å². The number of hydrogen-bond acceptors (Lipinski definition) is 6. The molecule has 1 saturated heterocycles. The standard InChI is InChI=1S/C21H20FN5O3/c22-15-4-5-17-12(6-8-30-17)13(15)9-23-20-14-10-25-26-21(29)19(14)16(11-24-20)27-7-2-1-3-18(27)28/h4-5,10-11H,1-3,6-9H2,(H,23,24)(H,26,29). The third-order valence-corrected chi connectivity index (χ3v) is 5.67. The summed E-state index contributed by atoms with van der Waals surface area (Å²) in [6, 6.07) is 3.03. The molecule has 1 fully saturated rings. The van der Waals surface area contributed by atoms with Crippen molar-refractivity contribution in [3.8, 4) is 5.75 Å². The Hall–Kier alpha value is -3.49. The van der Waals surface area contributed by atoms with Crippen LogP contribution in [-0.4, -0.2) is 34.2 Å². The number of rotatable bonds is 4. The normalized spacial score (nSPS) is 15.9. The summed E-state index contributed by atoms with van der Waals surface area (Å²) >= 11 is 0. The van der Waals surface area contributed by atoms with Crippen LogP contribution in [0, 0.1) is 5.82 Å². The van der Waals surface area contributed by atoms with Crippen LogP contribution in [0.1, 0.15) is 30.4 Å². The summed E-state index contributed by atoms with van der Waals surface area (Å²) in [7, 11) is 0. The molecule has 0 saturated carbocycles. The van der Waals surface area contributed by atoms with Crippen molar-refractivity contribution in [2.24, 2.45) is 0 Å². The Morgan fingerprint density at radius 1 is 1.20 bits per heavy atom. The van der Waals surface area contributed by atoms with Gasteiger partial charge in [0.1, 0.15) is 17.4 Å². The van der Waals surface area contributed by atoms with E-state index in [0.29, 0.717) is 59.6 Å². The average Bonchev–Trinajstić information content (AvgIpc) is 3.23. The van der Waals surface area contributed by atoms with Crippen LogP contribution in [0.3, 0.4) is 0 Å². The van der Waals surface area contributed by atoms with E-state index in [-0.39, 0.29) is 18.3 Å². The topological polar surface area (TPSA) is 100 Å². The van der Waals surface area contributed by atoms with Gasteiger partial charge in [0.2, 0.25) is 5.91 Å². The lowest BCUT2D eigenvalue weighted by atomic mass is 10.0. The molecule has 154 valence electrons. The number of nitrogens with one attached hydrogen (secondary N) is 2. The molecule has 1 amide bonds. The van der Waals surface area contributed by atoms with Gasteiger partial charge in [0.05, 0.1) is 35.5 Å². The first-order valence-corrected chi connectivity index (χ1v) is 9.97. The van der Waals surface area contributed by atoms with Gasteiger partial charge in [0.15, 0.2) is 0 Å². The molecule has 2 aliphatic rings. The Kier molecular flexibility index (Phi) is 4.57. The molecule has 3 aromatic rings. The zero-order chi connectivity index (χ0) is 20.7. The van der Waals surface area contributed by atoms with Gasteiger partial charge in [-0.15, -0.1) is 0 Å². The number of pyridine rings is 1. The number of anilines is 2. The number of benzene rings is 1. The number of amides is 1. The number of aromatic nitrogens is 3. The summed E-state index contributed by atoms with van der Waals surface area (Å²) < 4.78 is 20.0. The number of carbonyl (C=O) groups excluding carboxylic acids is 1. The van der Waals surface area contributed by atoms with Gasteiger partial charge < -0.3 is 15.0 Å². The smallest absolute Gasteiger partial charge is 0.274 e. The minimum atomic E-state index is -0.397. The summed E-state index contributed by atoms with van der Waals surface area (Å²) in [5, 5.41) is 10.3. The minimum Gasteiger partial charge on any atom is -0.493 e. The Morgan fingerprint density at radius 3 is 2.97 bits per heavy atom. The summed E-state index contributed by atoms with van der Waals surface area (Å²) in [6.45, 7) is 1.27. The molecule has 0 radical (unpaired) electrons. The quantitative estimate of drug-likeness (QED) is 0.687. The molecule has 4 heterocycles. The van der Waals surface area contributed by atoms with E-state index >= 15 is 0 Å². The summed E-state index contributed by atoms with van der Waals surface area (Å²) in [5.41, 5.74) is 1.45. The van der Waals surface area contributed by atoms with Crippen molar-refractivity contribution >= 4 is 28.2 Å². The number of nitrogens with zero attached hydrogens (tertiary/aromatic N) is 3. The number of ether oxygens (including phenoxy) is 1. The predicted molar refractivity (Wildman–Crippen MR) is 109 cm³/mol. The predicted octanol–water partition coefficient (Wildman–Crippen LogP) is 2.52. The number of halogens is 1. The molecule has 0 bridgehead atoms. The van der Waals surface area contributed by atoms with Crippen molar-refractivity contribution in [3.05, 3.63) is 51.8 Å². The van der Waals surface area contributed by atoms with E-state index < -0.39 is 5.56 Å². The number of aromatic amines is 1. The molecule has 8 nitrogen and oxygen atoms in total. The molecule has 1 aromatic carbocycles. The number of H-pyrrole nitrogens is 1. The van der Waals surface area contributed by atoms with Crippen molar-refractivity contribution in [1.82, 2.24) is 15.2 Å². The van der Waals surface area contributed by atoms with Crippen molar-refractivity contribution in [3.63, 3.8) is 0 Å². The molecular weight excluding hydrogens is 389 g/mol. The highest BCUT2D eigenvalue weighted by Crippen LogP contribution is 2.32. The monoisotopic (exact) mass is 409 g/mol. The maximum atomic E-state index is 14.4. The lowest BCUT2D eigenvalue weighted by Gasteiger charge is -2.27. The minimum absolute atomic E-state index is 0.0248. The fourth-order valence-electron chi connectivity index (χ4n) is 4.18. The second-order valence-electron chi connectivity index (χ2n) is 7.44. The van der Waals surface area contributed by atoms with Crippen molar-refractivity contribution in [1.29, 1.82) is 0 Å². The van der Waals surface area contributed by atoms with Crippen LogP contribution in [0.5, 0.6) is 5.75 Å². The summed E-state index contributed by atoms with van der Waals surface area (Å²) in [4.78, 5) is 31.0. The van der Waals surface area contributed by atoms with E-state index in [0.717, 1.165) is 18.4 Å². The van der Waals surface area contributed by atoms with Crippen LogP contribution in [0.4, 0.5) is 15.9 Å². The van der Waals surface area contributed by atoms with Gasteiger partial charge in [-0.25, -0.2) is 14.5 Å². The third kappa shape index (κ3) is 3.06. The first kappa shape index (κ1) is 18.5. The maximum absolute atomic E-state index is 14.4. The zero-order valence-electron chi connectivity index (χ0n) is 16.2. The number of carbonyl (C=O) groups is 1. The summed E-state index contributed by atoms with van der Waals surface area (Å²) in [6.07, 6.45) is 5.84. The second kappa shape index (κ2) is 7.40. The van der Waals surface area contributed by atoms with Crippen LogP contribution in [0.2, 0.25) is 0 Å². The van der Waals surface area contributed by atoms with E-state index in [1.807, 2.05) is 0 Å². The molecule has 9 heteroatoms. The fourth-order valence-corrected chi connectivity index (χ4v) is 4.18. The highest BCUT2D eigenvalue weighted by atomic mass is 19.1. The van der Waals surface area contributed by atoms with Crippen LogP contribution in [0.15, 0.2) is 29.3 Å². The fraction of sp³-hybridized carbons (Fsp3) is 0.333. The first-order chi connectivity index (χ1) is 14.6. The molecule has 2 aromatic heterocycles. The molecule has 5 rings (SSSR count). The van der Waals surface area contributed by atoms with Gasteiger partial charge in [-0.3, -0.25) is 9.59 Å². The van der Waals surface area contributed by atoms with Gasteiger partial charge in [-0.2, -0.15) is 5.10 Å². The van der Waals surface area contributed by atoms with Crippen LogP contribution < -0.4 is 20.5 Å². The highest BCUT2D eigenvalue weighted by molar-refractivity contribution is 6.06. The zero-order valence-corrected chi connectivity index (χ0v) is 16.2. The van der Waals surface area contributed by atoms with E-state index in [1.165, 1.54) is 18.5 Å². The van der Waals surface area contributed by atoms with Gasteiger partial charge in [-0.1, -0.05) is 0 Å². The van der Waals surface area contributed by atoms with Crippen LogP contribution in [0.25, 0.3) is 10.8 Å². The molecule has 0 spiro atoms. The van der Waals surface area contributed by atoms with E-state index in [9.17, 15) is 14.0 Å². The SMILES string of the molecule is O=C1CCCCN1c1cnc(NCc2c(F)ccc3c2CCO3)c2cn[nH]c(=O)c12. The highest BCUT2D eigenvalue weighted by Gasteiger charge is 2.24. The van der Waals surface area contributed by atoms with E-state index in [1.54, 1.807) is 11.0 Å².